The Balaban J connectivity index is 1.62. The van der Waals surface area contributed by atoms with Crippen LogP contribution in [-0.4, -0.2) is 66.2 Å². The first kappa shape index (κ1) is 21.6. The normalized spacial score (nSPS) is 18.2. The van der Waals surface area contributed by atoms with Gasteiger partial charge in [0.2, 0.25) is 5.91 Å². The molecule has 7 nitrogen and oxygen atoms in total. The van der Waals surface area contributed by atoms with Crippen LogP contribution in [-0.2, 0) is 4.79 Å². The van der Waals surface area contributed by atoms with E-state index >= 15 is 0 Å². The summed E-state index contributed by atoms with van der Waals surface area (Å²) in [4.78, 5) is 29.2. The Morgan fingerprint density at radius 3 is 2.52 bits per heavy atom. The first-order valence-electron chi connectivity index (χ1n) is 10.1. The van der Waals surface area contributed by atoms with Crippen molar-refractivity contribution in [2.24, 2.45) is 5.92 Å². The molecule has 29 heavy (non-hydrogen) atoms. The summed E-state index contributed by atoms with van der Waals surface area (Å²) in [5.41, 5.74) is 0.613. The topological polar surface area (TPSA) is 71.1 Å². The smallest absolute Gasteiger partial charge is 0.321 e. The second kappa shape index (κ2) is 9.15. The van der Waals surface area contributed by atoms with Crippen LogP contribution in [0.4, 0.5) is 10.5 Å². The zero-order chi connectivity index (χ0) is 21.0. The van der Waals surface area contributed by atoms with Crippen molar-refractivity contribution in [1.29, 1.82) is 0 Å². The molecule has 3 rings (SSSR count). The lowest BCUT2D eigenvalue weighted by molar-refractivity contribution is -0.135. The van der Waals surface area contributed by atoms with Gasteiger partial charge in [0.25, 0.3) is 0 Å². The van der Waals surface area contributed by atoms with E-state index in [2.05, 4.69) is 24.1 Å². The number of piperidine rings is 1. The lowest BCUT2D eigenvalue weighted by Gasteiger charge is -2.44. The molecule has 8 heteroatoms. The lowest BCUT2D eigenvalue weighted by atomic mass is 10.0. The molecule has 0 saturated carbocycles. The van der Waals surface area contributed by atoms with Gasteiger partial charge in [0, 0.05) is 37.9 Å². The Morgan fingerprint density at radius 1 is 1.17 bits per heavy atom. The van der Waals surface area contributed by atoms with E-state index < -0.39 is 0 Å². The van der Waals surface area contributed by atoms with Gasteiger partial charge in [0.1, 0.15) is 11.5 Å². The van der Waals surface area contributed by atoms with E-state index in [0.717, 1.165) is 25.1 Å². The standard InChI is InChI=1S/C21H31N3O4S/c1-15(2)13-19(25)24-11-12-29-21(24)7-9-23(10-8-21)20(26)22-17-6-5-16(27-3)14-18(17)28-4/h5-6,14-15H,7-13H2,1-4H3,(H,22,26). The van der Waals surface area contributed by atoms with E-state index in [1.165, 1.54) is 0 Å². The fourth-order valence-electron chi connectivity index (χ4n) is 3.99. The molecule has 0 unspecified atom stereocenters. The molecule has 0 aliphatic carbocycles. The molecular weight excluding hydrogens is 390 g/mol. The maximum Gasteiger partial charge on any atom is 0.321 e. The Morgan fingerprint density at radius 2 is 1.90 bits per heavy atom. The number of hydrogen-bond acceptors (Lipinski definition) is 5. The highest BCUT2D eigenvalue weighted by molar-refractivity contribution is 8.00. The molecule has 0 bridgehead atoms. The van der Waals surface area contributed by atoms with E-state index in [9.17, 15) is 9.59 Å². The van der Waals surface area contributed by atoms with Crippen molar-refractivity contribution in [3.8, 4) is 11.5 Å². The number of methoxy groups -OCH3 is 2. The molecule has 3 amide bonds. The molecule has 0 atom stereocenters. The largest absolute Gasteiger partial charge is 0.497 e. The molecule has 1 N–H and O–H groups in total. The number of ether oxygens (including phenoxy) is 2. The molecule has 160 valence electrons. The van der Waals surface area contributed by atoms with E-state index in [1.807, 2.05) is 16.7 Å². The van der Waals surface area contributed by atoms with Crippen molar-refractivity contribution in [2.75, 3.05) is 44.9 Å². The van der Waals surface area contributed by atoms with Gasteiger partial charge in [-0.05, 0) is 30.9 Å². The summed E-state index contributed by atoms with van der Waals surface area (Å²) in [5, 5.41) is 2.94. The molecule has 2 aliphatic rings. The first-order valence-corrected chi connectivity index (χ1v) is 11.1. The molecule has 1 aromatic carbocycles. The number of likely N-dealkylation sites (tertiary alicyclic amines) is 1. The van der Waals surface area contributed by atoms with Crippen LogP contribution >= 0.6 is 11.8 Å². The van der Waals surface area contributed by atoms with E-state index in [4.69, 9.17) is 9.47 Å². The van der Waals surface area contributed by atoms with Crippen LogP contribution < -0.4 is 14.8 Å². The second-order valence-corrected chi connectivity index (χ2v) is 9.38. The minimum absolute atomic E-state index is 0.147. The first-order chi connectivity index (χ1) is 13.9. The molecule has 2 fully saturated rings. The van der Waals surface area contributed by atoms with Crippen molar-refractivity contribution in [1.82, 2.24) is 9.80 Å². The van der Waals surface area contributed by atoms with Crippen molar-refractivity contribution in [2.45, 2.75) is 38.0 Å². The minimum Gasteiger partial charge on any atom is -0.497 e. The molecular formula is C21H31N3O4S. The molecule has 2 aliphatic heterocycles. The van der Waals surface area contributed by atoms with Gasteiger partial charge in [0.15, 0.2) is 0 Å². The monoisotopic (exact) mass is 421 g/mol. The average Bonchev–Trinajstić information content (AvgIpc) is 3.11. The van der Waals surface area contributed by atoms with Crippen LogP contribution in [0.1, 0.15) is 33.1 Å². The number of thioether (sulfide) groups is 1. The van der Waals surface area contributed by atoms with Crippen molar-refractivity contribution < 1.29 is 19.1 Å². The van der Waals surface area contributed by atoms with Crippen LogP contribution in [0.3, 0.4) is 0 Å². The van der Waals surface area contributed by atoms with Crippen LogP contribution in [0.25, 0.3) is 0 Å². The van der Waals surface area contributed by atoms with E-state index in [0.29, 0.717) is 42.6 Å². The van der Waals surface area contributed by atoms with Crippen LogP contribution in [0.5, 0.6) is 11.5 Å². The molecule has 2 saturated heterocycles. The van der Waals surface area contributed by atoms with Gasteiger partial charge in [-0.2, -0.15) is 0 Å². The van der Waals surface area contributed by atoms with Crippen LogP contribution in [0.15, 0.2) is 18.2 Å². The summed E-state index contributed by atoms with van der Waals surface area (Å²) in [7, 11) is 3.15. The third-order valence-electron chi connectivity index (χ3n) is 5.54. The summed E-state index contributed by atoms with van der Waals surface area (Å²) >= 11 is 1.87. The van der Waals surface area contributed by atoms with Gasteiger partial charge in [-0.3, -0.25) is 4.79 Å². The summed E-state index contributed by atoms with van der Waals surface area (Å²) in [6.45, 7) is 6.22. The Bertz CT molecular complexity index is 747. The molecule has 0 radical (unpaired) electrons. The average molecular weight is 422 g/mol. The zero-order valence-corrected chi connectivity index (χ0v) is 18.5. The molecule has 1 spiro atoms. The van der Waals surface area contributed by atoms with Gasteiger partial charge < -0.3 is 24.6 Å². The van der Waals surface area contributed by atoms with Gasteiger partial charge in [-0.15, -0.1) is 11.8 Å². The fourth-order valence-corrected chi connectivity index (χ4v) is 5.46. The lowest BCUT2D eigenvalue weighted by Crippen LogP contribution is -2.54. The Hall–Kier alpha value is -2.09. The zero-order valence-electron chi connectivity index (χ0n) is 17.7. The van der Waals surface area contributed by atoms with E-state index in [-0.39, 0.29) is 16.8 Å². The van der Waals surface area contributed by atoms with Gasteiger partial charge in [-0.25, -0.2) is 4.79 Å². The predicted octanol–water partition coefficient (Wildman–Crippen LogP) is 3.65. The Labute approximate surface area is 177 Å². The predicted molar refractivity (Wildman–Crippen MR) is 116 cm³/mol. The summed E-state index contributed by atoms with van der Waals surface area (Å²) < 4.78 is 10.6. The summed E-state index contributed by atoms with van der Waals surface area (Å²) in [6, 6.07) is 5.16. The quantitative estimate of drug-likeness (QED) is 0.786. The van der Waals surface area contributed by atoms with Crippen LogP contribution in [0, 0.1) is 5.92 Å². The molecule has 1 aromatic rings. The van der Waals surface area contributed by atoms with Crippen molar-refractivity contribution in [3.05, 3.63) is 18.2 Å². The highest BCUT2D eigenvalue weighted by Gasteiger charge is 2.46. The number of nitrogens with one attached hydrogen (secondary N) is 1. The number of carbonyl (C=O) groups is 2. The van der Waals surface area contributed by atoms with Gasteiger partial charge in [-0.1, -0.05) is 13.8 Å². The number of rotatable bonds is 5. The summed E-state index contributed by atoms with van der Waals surface area (Å²) in [5.74, 6) is 2.80. The third-order valence-corrected chi connectivity index (χ3v) is 7.10. The van der Waals surface area contributed by atoms with Gasteiger partial charge in [0.05, 0.1) is 24.8 Å². The third kappa shape index (κ3) is 4.74. The highest BCUT2D eigenvalue weighted by atomic mass is 32.2. The minimum atomic E-state index is -0.152. The maximum atomic E-state index is 12.8. The second-order valence-electron chi connectivity index (χ2n) is 7.92. The Kier molecular flexibility index (Phi) is 6.82. The van der Waals surface area contributed by atoms with E-state index in [1.54, 1.807) is 32.4 Å². The summed E-state index contributed by atoms with van der Waals surface area (Å²) in [6.07, 6.45) is 2.19. The van der Waals surface area contributed by atoms with Crippen molar-refractivity contribution in [3.63, 3.8) is 0 Å². The van der Waals surface area contributed by atoms with Gasteiger partial charge >= 0.3 is 6.03 Å². The van der Waals surface area contributed by atoms with Crippen LogP contribution in [0.2, 0.25) is 0 Å². The number of urea groups is 1. The molecule has 0 aromatic heterocycles. The molecule has 2 heterocycles. The maximum absolute atomic E-state index is 12.8. The number of hydrogen-bond donors (Lipinski definition) is 1. The number of benzene rings is 1. The van der Waals surface area contributed by atoms with Crippen molar-refractivity contribution >= 4 is 29.4 Å². The number of nitrogens with zero attached hydrogens (tertiary/aromatic N) is 2. The number of carbonyl (C=O) groups excluding carboxylic acids is 2. The SMILES string of the molecule is COc1ccc(NC(=O)N2CCC3(CC2)SCCN3C(=O)CC(C)C)c(OC)c1. The highest BCUT2D eigenvalue weighted by Crippen LogP contribution is 2.44. The number of amides is 3. The fraction of sp³-hybridized carbons (Fsp3) is 0.619. The number of anilines is 1.